The van der Waals surface area contributed by atoms with E-state index in [0.717, 1.165) is 27.4 Å². The summed E-state index contributed by atoms with van der Waals surface area (Å²) in [4.78, 5) is 41.0. The van der Waals surface area contributed by atoms with E-state index in [1.807, 2.05) is 41.5 Å². The van der Waals surface area contributed by atoms with Crippen molar-refractivity contribution in [2.24, 2.45) is 0 Å². The van der Waals surface area contributed by atoms with Gasteiger partial charge in [0.1, 0.15) is 5.54 Å². The summed E-state index contributed by atoms with van der Waals surface area (Å²) in [6.45, 7) is 4.11. The second-order valence-corrected chi connectivity index (χ2v) is 9.32. The lowest BCUT2D eigenvalue weighted by molar-refractivity contribution is -0.139. The number of amides is 4. The summed E-state index contributed by atoms with van der Waals surface area (Å²) in [5, 5.41) is 5.43. The number of methoxy groups -OCH3 is 2. The fourth-order valence-electron chi connectivity index (χ4n) is 4.32. The maximum Gasteiger partial charge on any atom is 0.344 e. The molecular formula is C23H28N4O5S. The molecule has 2 aliphatic rings. The molecular weight excluding hydrogens is 444 g/mol. The Kier molecular flexibility index (Phi) is 6.31. The molecule has 0 aliphatic carbocycles. The Labute approximate surface area is 196 Å². The van der Waals surface area contributed by atoms with E-state index in [0.29, 0.717) is 24.5 Å². The Bertz CT molecular complexity index is 1070. The van der Waals surface area contributed by atoms with E-state index in [-0.39, 0.29) is 12.6 Å². The number of carbonyl (C=O) groups excluding carboxylic acids is 3. The van der Waals surface area contributed by atoms with Gasteiger partial charge in [-0.2, -0.15) is 5.01 Å². The van der Waals surface area contributed by atoms with Gasteiger partial charge in [-0.3, -0.25) is 19.9 Å². The molecule has 4 amide bonds. The van der Waals surface area contributed by atoms with Crippen molar-refractivity contribution in [3.05, 3.63) is 45.6 Å². The number of hydrogen-bond acceptors (Lipinski definition) is 7. The van der Waals surface area contributed by atoms with Gasteiger partial charge in [-0.05, 0) is 54.5 Å². The number of imide groups is 1. The highest BCUT2D eigenvalue weighted by Crippen LogP contribution is 2.42. The Morgan fingerprint density at radius 3 is 2.61 bits per heavy atom. The number of rotatable bonds is 7. The van der Waals surface area contributed by atoms with Crippen LogP contribution in [-0.4, -0.2) is 60.6 Å². The average Bonchev–Trinajstić information content (AvgIpc) is 3.41. The normalized spacial score (nSPS) is 22.7. The minimum atomic E-state index is -1.01. The third-order valence-electron chi connectivity index (χ3n) is 6.34. The molecule has 1 aromatic carbocycles. The number of carbonyl (C=O) groups is 3. The first kappa shape index (κ1) is 23.1. The van der Waals surface area contributed by atoms with Gasteiger partial charge in [0.25, 0.3) is 11.8 Å². The molecule has 1 fully saturated rings. The van der Waals surface area contributed by atoms with Gasteiger partial charge in [0.15, 0.2) is 11.5 Å². The predicted octanol–water partition coefficient (Wildman–Crippen LogP) is 2.46. The third-order valence-corrected chi connectivity index (χ3v) is 7.26. The summed E-state index contributed by atoms with van der Waals surface area (Å²) in [5.41, 5.74) is 3.66. The summed E-state index contributed by atoms with van der Waals surface area (Å²) < 4.78 is 11.0. The fourth-order valence-corrected chi connectivity index (χ4v) is 5.19. The van der Waals surface area contributed by atoms with Crippen LogP contribution in [0.1, 0.15) is 42.3 Å². The van der Waals surface area contributed by atoms with E-state index >= 15 is 0 Å². The molecule has 3 heterocycles. The van der Waals surface area contributed by atoms with Crippen molar-refractivity contribution >= 4 is 29.2 Å². The lowest BCUT2D eigenvalue weighted by atomic mass is 9.91. The minimum absolute atomic E-state index is 0.0241. The van der Waals surface area contributed by atoms with Crippen molar-refractivity contribution in [3.8, 4) is 11.5 Å². The van der Waals surface area contributed by atoms with Gasteiger partial charge in [-0.15, -0.1) is 11.3 Å². The largest absolute Gasteiger partial charge is 0.493 e. The molecule has 176 valence electrons. The van der Waals surface area contributed by atoms with Crippen molar-refractivity contribution in [1.82, 2.24) is 20.7 Å². The first-order valence-electron chi connectivity index (χ1n) is 10.8. The third kappa shape index (κ3) is 4.16. The zero-order chi connectivity index (χ0) is 23.8. The Balaban J connectivity index is 1.58. The van der Waals surface area contributed by atoms with Crippen LogP contribution in [0.3, 0.4) is 0 Å². The van der Waals surface area contributed by atoms with Crippen molar-refractivity contribution in [1.29, 1.82) is 0 Å². The number of urea groups is 1. The predicted molar refractivity (Wildman–Crippen MR) is 123 cm³/mol. The molecule has 0 saturated carbocycles. The van der Waals surface area contributed by atoms with Gasteiger partial charge >= 0.3 is 6.03 Å². The number of hydrogen-bond donors (Lipinski definition) is 2. The first-order valence-corrected chi connectivity index (χ1v) is 11.7. The van der Waals surface area contributed by atoms with Crippen molar-refractivity contribution in [2.75, 3.05) is 27.3 Å². The van der Waals surface area contributed by atoms with Gasteiger partial charge in [0.2, 0.25) is 0 Å². The quantitative estimate of drug-likeness (QED) is 0.601. The second kappa shape index (κ2) is 9.03. The molecule has 2 N–H and O–H groups in total. The molecule has 1 saturated heterocycles. The Morgan fingerprint density at radius 1 is 1.27 bits per heavy atom. The lowest BCUT2D eigenvalue weighted by Gasteiger charge is -2.37. The second-order valence-electron chi connectivity index (χ2n) is 8.34. The van der Waals surface area contributed by atoms with Gasteiger partial charge in [0, 0.05) is 11.4 Å². The van der Waals surface area contributed by atoms with Crippen LogP contribution < -0.4 is 20.2 Å². The Morgan fingerprint density at radius 2 is 2.00 bits per heavy atom. The Hall–Kier alpha value is -3.11. The number of fused-ring (bicyclic) bond motifs is 1. The zero-order valence-electron chi connectivity index (χ0n) is 19.1. The van der Waals surface area contributed by atoms with Gasteiger partial charge in [0.05, 0.1) is 26.8 Å². The summed E-state index contributed by atoms with van der Waals surface area (Å²) >= 11 is 1.61. The number of nitrogens with zero attached hydrogens (tertiary/aromatic N) is 2. The minimum Gasteiger partial charge on any atom is -0.493 e. The molecule has 33 heavy (non-hydrogen) atoms. The van der Waals surface area contributed by atoms with E-state index in [2.05, 4.69) is 10.7 Å². The van der Waals surface area contributed by atoms with Crippen LogP contribution in [0.4, 0.5) is 4.79 Å². The summed E-state index contributed by atoms with van der Waals surface area (Å²) in [6.07, 6.45) is 1.15. The fraction of sp³-hybridized carbons (Fsp3) is 0.435. The van der Waals surface area contributed by atoms with Crippen LogP contribution in [0.15, 0.2) is 29.6 Å². The van der Waals surface area contributed by atoms with Crippen molar-refractivity contribution in [2.45, 2.75) is 38.3 Å². The van der Waals surface area contributed by atoms with Crippen LogP contribution >= 0.6 is 11.3 Å². The smallest absolute Gasteiger partial charge is 0.344 e. The SMILES string of the molecule is CC[C@]1(C)NC(=O)N(NC(=O)CN2CCc3cc(OC)c(OC)cc3[C@@H]2c2cccs2)C1=O. The van der Waals surface area contributed by atoms with Crippen molar-refractivity contribution < 1.29 is 23.9 Å². The average molecular weight is 473 g/mol. The molecule has 0 radical (unpaired) electrons. The molecule has 2 atom stereocenters. The summed E-state index contributed by atoms with van der Waals surface area (Å²) in [5.74, 6) is 0.413. The van der Waals surface area contributed by atoms with Crippen molar-refractivity contribution in [3.63, 3.8) is 0 Å². The van der Waals surface area contributed by atoms with Crippen LogP contribution in [0.25, 0.3) is 0 Å². The molecule has 10 heteroatoms. The van der Waals surface area contributed by atoms with Crippen LogP contribution in [0.5, 0.6) is 11.5 Å². The number of nitrogens with one attached hydrogen (secondary N) is 2. The maximum absolute atomic E-state index is 12.9. The van der Waals surface area contributed by atoms with Crippen LogP contribution in [0, 0.1) is 0 Å². The van der Waals surface area contributed by atoms with Gasteiger partial charge < -0.3 is 14.8 Å². The molecule has 4 rings (SSSR count). The number of ether oxygens (including phenoxy) is 2. The maximum atomic E-state index is 12.9. The molecule has 0 unspecified atom stereocenters. The molecule has 2 aliphatic heterocycles. The van der Waals surface area contributed by atoms with Crippen LogP contribution in [-0.2, 0) is 16.0 Å². The van der Waals surface area contributed by atoms with Gasteiger partial charge in [-0.25, -0.2) is 4.79 Å². The molecule has 0 spiro atoms. The lowest BCUT2D eigenvalue weighted by Crippen LogP contribution is -2.52. The number of thiophene rings is 1. The van der Waals surface area contributed by atoms with E-state index in [4.69, 9.17) is 9.47 Å². The molecule has 0 bridgehead atoms. The monoisotopic (exact) mass is 472 g/mol. The molecule has 2 aromatic rings. The van der Waals surface area contributed by atoms with E-state index in [9.17, 15) is 14.4 Å². The standard InChI is InChI=1S/C23H28N4O5S/c1-5-23(2)21(29)27(22(30)24-23)25-19(28)13-26-9-8-14-11-16(31-3)17(32-4)12-15(14)20(26)18-7-6-10-33-18/h6-7,10-12,20H,5,8-9,13H2,1-4H3,(H,24,30)(H,25,28)/t20-,23+/m1/s1. The topological polar surface area (TPSA) is 100 Å². The highest BCUT2D eigenvalue weighted by molar-refractivity contribution is 7.10. The molecule has 1 aromatic heterocycles. The highest BCUT2D eigenvalue weighted by Gasteiger charge is 2.47. The van der Waals surface area contributed by atoms with E-state index in [1.165, 1.54) is 0 Å². The van der Waals surface area contributed by atoms with E-state index < -0.39 is 23.4 Å². The van der Waals surface area contributed by atoms with Gasteiger partial charge in [-0.1, -0.05) is 13.0 Å². The summed E-state index contributed by atoms with van der Waals surface area (Å²) in [7, 11) is 3.21. The number of benzene rings is 1. The first-order chi connectivity index (χ1) is 15.8. The molecule has 9 nitrogen and oxygen atoms in total. The zero-order valence-corrected chi connectivity index (χ0v) is 20.0. The summed E-state index contributed by atoms with van der Waals surface area (Å²) in [6, 6.07) is 7.19. The van der Waals surface area contributed by atoms with E-state index in [1.54, 1.807) is 32.5 Å². The highest BCUT2D eigenvalue weighted by atomic mass is 32.1. The number of hydrazine groups is 1. The van der Waals surface area contributed by atoms with Crippen LogP contribution in [0.2, 0.25) is 0 Å².